The Hall–Kier alpha value is -3.35. The third-order valence-corrected chi connectivity index (χ3v) is 7.49. The van der Waals surface area contributed by atoms with Crippen LogP contribution in [0.4, 0.5) is 0 Å². The van der Waals surface area contributed by atoms with E-state index >= 15 is 0 Å². The summed E-state index contributed by atoms with van der Waals surface area (Å²) in [4.78, 5) is 56.7. The van der Waals surface area contributed by atoms with E-state index in [9.17, 15) is 19.2 Å². The zero-order chi connectivity index (χ0) is 29.3. The van der Waals surface area contributed by atoms with Gasteiger partial charge in [0.15, 0.2) is 0 Å². The fourth-order valence-electron chi connectivity index (χ4n) is 4.42. The van der Waals surface area contributed by atoms with E-state index in [1.54, 1.807) is 16.2 Å². The van der Waals surface area contributed by atoms with Gasteiger partial charge in [-0.15, -0.1) is 11.3 Å². The normalized spacial score (nSPS) is 16.0. The van der Waals surface area contributed by atoms with Crippen molar-refractivity contribution < 1.29 is 33.8 Å². The number of ether oxygens (including phenoxy) is 2. The summed E-state index contributed by atoms with van der Waals surface area (Å²) in [7, 11) is 0. The molecule has 12 heteroatoms. The molecule has 2 atom stereocenters. The van der Waals surface area contributed by atoms with Crippen LogP contribution < -0.4 is 10.6 Å². The van der Waals surface area contributed by atoms with E-state index in [2.05, 4.69) is 15.6 Å². The first-order valence-electron chi connectivity index (χ1n) is 13.2. The number of amides is 3. The summed E-state index contributed by atoms with van der Waals surface area (Å²) >= 11 is 1.59. The molecule has 0 bridgehead atoms. The molecule has 11 nitrogen and oxygen atoms in total. The summed E-state index contributed by atoms with van der Waals surface area (Å²) in [5.41, 5.74) is 4.22. The first kappa shape index (κ1) is 31.2. The van der Waals surface area contributed by atoms with Crippen LogP contribution in [0.1, 0.15) is 44.9 Å². The summed E-state index contributed by atoms with van der Waals surface area (Å²) in [5.74, 6) is -2.11. The maximum atomic E-state index is 13.6. The highest BCUT2D eigenvalue weighted by molar-refractivity contribution is 7.13. The lowest BCUT2D eigenvalue weighted by Crippen LogP contribution is -2.58. The number of carbonyl (C=O) groups excluding carboxylic acids is 3. The van der Waals surface area contributed by atoms with Gasteiger partial charge in [0, 0.05) is 13.1 Å². The van der Waals surface area contributed by atoms with Crippen LogP contribution in [-0.2, 0) is 35.2 Å². The number of aromatic nitrogens is 1. The number of carbonyl (C=O) groups is 4. The van der Waals surface area contributed by atoms with Crippen molar-refractivity contribution in [2.75, 3.05) is 33.0 Å². The van der Waals surface area contributed by atoms with Gasteiger partial charge in [-0.2, -0.15) is 0 Å². The number of nitrogens with one attached hydrogen (secondary N) is 2. The molecule has 218 valence electrons. The first-order valence-corrected chi connectivity index (χ1v) is 14.1. The molecule has 1 aromatic carbocycles. The lowest BCUT2D eigenvalue weighted by Gasteiger charge is -2.35. The van der Waals surface area contributed by atoms with Crippen molar-refractivity contribution in [2.45, 2.75) is 59.2 Å². The largest absolute Gasteiger partial charge is 0.480 e. The minimum Gasteiger partial charge on any atom is -0.480 e. The number of nitrogens with zero attached hydrogens (tertiary/aromatic N) is 2. The number of hydrogen-bond donors (Lipinski definition) is 3. The van der Waals surface area contributed by atoms with Gasteiger partial charge in [0.25, 0.3) is 0 Å². The molecule has 1 saturated heterocycles. The maximum Gasteiger partial charge on any atom is 0.329 e. The molecule has 0 radical (unpaired) electrons. The maximum absolute atomic E-state index is 13.6. The van der Waals surface area contributed by atoms with Gasteiger partial charge >= 0.3 is 5.97 Å². The van der Waals surface area contributed by atoms with Crippen LogP contribution in [0, 0.1) is 12.3 Å². The number of carboxylic acids is 1. The van der Waals surface area contributed by atoms with E-state index in [0.717, 1.165) is 21.7 Å². The van der Waals surface area contributed by atoms with Crippen molar-refractivity contribution in [3.63, 3.8) is 0 Å². The zero-order valence-corrected chi connectivity index (χ0v) is 24.2. The van der Waals surface area contributed by atoms with Crippen molar-refractivity contribution in [2.24, 2.45) is 5.41 Å². The number of thiazole rings is 1. The molecule has 1 aromatic heterocycles. The van der Waals surface area contributed by atoms with E-state index in [1.807, 2.05) is 57.5 Å². The minimum atomic E-state index is -1.09. The van der Waals surface area contributed by atoms with E-state index < -0.39 is 36.0 Å². The Bertz CT molecular complexity index is 1180. The fraction of sp³-hybridized carbons (Fsp3) is 0.536. The molecule has 0 spiro atoms. The van der Waals surface area contributed by atoms with Gasteiger partial charge in [-0.25, -0.2) is 9.78 Å². The third-order valence-electron chi connectivity index (χ3n) is 6.52. The second-order valence-electron chi connectivity index (χ2n) is 10.7. The predicted octanol–water partition coefficient (Wildman–Crippen LogP) is 2.37. The Labute approximate surface area is 238 Å². The highest BCUT2D eigenvalue weighted by atomic mass is 32.1. The van der Waals surface area contributed by atoms with Crippen molar-refractivity contribution in [1.29, 1.82) is 0 Å². The summed E-state index contributed by atoms with van der Waals surface area (Å²) in [5, 5.41) is 14.3. The van der Waals surface area contributed by atoms with Gasteiger partial charge in [0.1, 0.15) is 25.3 Å². The molecule has 3 rings (SSSR count). The zero-order valence-electron chi connectivity index (χ0n) is 23.4. The number of aliphatic carboxylic acids is 1. The Morgan fingerprint density at radius 3 is 2.40 bits per heavy atom. The molecule has 2 aromatic rings. The average Bonchev–Trinajstić information content (AvgIpc) is 3.56. The average molecular weight is 575 g/mol. The van der Waals surface area contributed by atoms with Gasteiger partial charge in [-0.1, -0.05) is 45.0 Å². The SMILES string of the molecule is Cc1ncsc1-c1ccc(CNC(=O)C2CCCN2C(=O)C(NC(=O)COCCOCC(=O)O)C(C)(C)C)cc1. The summed E-state index contributed by atoms with van der Waals surface area (Å²) < 4.78 is 10.1. The van der Waals surface area contributed by atoms with Crippen LogP contribution in [0.15, 0.2) is 29.8 Å². The minimum absolute atomic E-state index is 0.0295. The van der Waals surface area contributed by atoms with Crippen molar-refractivity contribution >= 4 is 35.0 Å². The molecular formula is C28H38N4O7S. The van der Waals surface area contributed by atoms with Crippen LogP contribution >= 0.6 is 11.3 Å². The molecule has 3 amide bonds. The van der Waals surface area contributed by atoms with E-state index in [4.69, 9.17) is 14.6 Å². The highest BCUT2D eigenvalue weighted by Gasteiger charge is 2.41. The summed E-state index contributed by atoms with van der Waals surface area (Å²) in [6.07, 6.45) is 1.24. The Kier molecular flexibility index (Phi) is 11.2. The lowest BCUT2D eigenvalue weighted by molar-refractivity contribution is -0.145. The molecular weight excluding hydrogens is 536 g/mol. The Balaban J connectivity index is 1.54. The van der Waals surface area contributed by atoms with Crippen LogP contribution in [0.25, 0.3) is 10.4 Å². The van der Waals surface area contributed by atoms with Crippen molar-refractivity contribution in [3.8, 4) is 10.4 Å². The number of benzene rings is 1. The summed E-state index contributed by atoms with van der Waals surface area (Å²) in [6, 6.07) is 6.49. The van der Waals surface area contributed by atoms with Gasteiger partial charge in [-0.3, -0.25) is 14.4 Å². The van der Waals surface area contributed by atoms with Crippen molar-refractivity contribution in [1.82, 2.24) is 20.5 Å². The smallest absolute Gasteiger partial charge is 0.329 e. The van der Waals surface area contributed by atoms with E-state index in [0.29, 0.717) is 25.9 Å². The summed E-state index contributed by atoms with van der Waals surface area (Å²) in [6.45, 7) is 7.60. The van der Waals surface area contributed by atoms with Crippen molar-refractivity contribution in [3.05, 3.63) is 41.0 Å². The predicted molar refractivity (Wildman–Crippen MR) is 150 cm³/mol. The molecule has 2 unspecified atom stereocenters. The van der Waals surface area contributed by atoms with Gasteiger partial charge < -0.3 is 30.1 Å². The van der Waals surface area contributed by atoms with E-state index in [-0.39, 0.29) is 31.6 Å². The lowest BCUT2D eigenvalue weighted by atomic mass is 9.85. The third kappa shape index (κ3) is 8.83. The van der Waals surface area contributed by atoms with Gasteiger partial charge in [-0.05, 0) is 36.3 Å². The molecule has 40 heavy (non-hydrogen) atoms. The second kappa shape index (κ2) is 14.3. The van der Waals surface area contributed by atoms with E-state index in [1.165, 1.54) is 0 Å². The van der Waals surface area contributed by atoms with Gasteiger partial charge in [0.05, 0.1) is 29.3 Å². The number of rotatable bonds is 13. The molecule has 1 fully saturated rings. The van der Waals surface area contributed by atoms with Crippen LogP contribution in [0.3, 0.4) is 0 Å². The standard InChI is InChI=1S/C28H38N4O7S/c1-18-24(40-17-30-18)20-9-7-19(8-10-20)14-29-26(36)21-6-5-11-32(21)27(37)25(28(2,3)4)31-22(33)15-38-12-13-39-16-23(34)35/h7-10,17,21,25H,5-6,11-16H2,1-4H3,(H,29,36)(H,31,33)(H,34,35). The topological polar surface area (TPSA) is 147 Å². The van der Waals surface area contributed by atoms with Crippen LogP contribution in [0.5, 0.6) is 0 Å². The second-order valence-corrected chi connectivity index (χ2v) is 11.6. The highest BCUT2D eigenvalue weighted by Crippen LogP contribution is 2.28. The Morgan fingerprint density at radius 2 is 1.80 bits per heavy atom. The Morgan fingerprint density at radius 1 is 1.12 bits per heavy atom. The molecule has 2 heterocycles. The monoisotopic (exact) mass is 574 g/mol. The molecule has 1 aliphatic heterocycles. The first-order chi connectivity index (χ1) is 19.0. The van der Waals surface area contributed by atoms with Crippen LogP contribution in [0.2, 0.25) is 0 Å². The molecule has 1 aliphatic rings. The quantitative estimate of drug-likeness (QED) is 0.309. The number of carboxylic acid groups (broad SMARTS) is 1. The molecule has 0 aliphatic carbocycles. The molecule has 3 N–H and O–H groups in total. The number of aryl methyl sites for hydroxylation is 1. The fourth-order valence-corrected chi connectivity index (χ4v) is 5.23. The molecule has 0 saturated carbocycles. The van der Waals surface area contributed by atoms with Crippen LogP contribution in [-0.4, -0.2) is 83.7 Å². The number of hydrogen-bond acceptors (Lipinski definition) is 8. The van der Waals surface area contributed by atoms with Gasteiger partial charge in [0.2, 0.25) is 17.7 Å². The number of likely N-dealkylation sites (tertiary alicyclic amines) is 1.